The molecule has 0 spiro atoms. The Balaban J connectivity index is 1.39. The average molecular weight is 449 g/mol. The molecule has 3 aliphatic rings. The predicted molar refractivity (Wildman–Crippen MR) is 126 cm³/mol. The summed E-state index contributed by atoms with van der Waals surface area (Å²) in [5.41, 5.74) is 3.10. The van der Waals surface area contributed by atoms with Crippen LogP contribution in [0.3, 0.4) is 0 Å². The van der Waals surface area contributed by atoms with Gasteiger partial charge >= 0.3 is 6.03 Å². The molecule has 1 saturated heterocycles. The minimum absolute atomic E-state index is 0.0154. The number of anilines is 3. The zero-order chi connectivity index (χ0) is 22.9. The molecule has 2 aromatic carbocycles. The van der Waals surface area contributed by atoms with Crippen LogP contribution in [0.2, 0.25) is 0 Å². The maximum atomic E-state index is 13.4. The first-order chi connectivity index (χ1) is 16.0. The molecule has 1 fully saturated rings. The van der Waals surface area contributed by atoms with E-state index in [1.54, 1.807) is 22.8 Å². The van der Waals surface area contributed by atoms with E-state index in [0.717, 1.165) is 43.6 Å². The highest BCUT2D eigenvalue weighted by Gasteiger charge is 2.36. The average Bonchev–Trinajstić information content (AvgIpc) is 3.29. The van der Waals surface area contributed by atoms with Crippen LogP contribution in [0, 0.1) is 0 Å². The Labute approximate surface area is 193 Å². The fraction of sp³-hybridized carbons (Fsp3) is 0.400. The topological polar surface area (TPSA) is 82.2 Å². The highest BCUT2D eigenvalue weighted by atomic mass is 16.5. The van der Waals surface area contributed by atoms with Crippen LogP contribution < -0.4 is 19.9 Å². The molecular formula is C25H28N4O4. The molecule has 4 amide bonds. The molecule has 0 aliphatic carbocycles. The molecular weight excluding hydrogens is 420 g/mol. The van der Waals surface area contributed by atoms with Crippen molar-refractivity contribution >= 4 is 34.9 Å². The number of fused-ring (bicyclic) bond motifs is 2. The summed E-state index contributed by atoms with van der Waals surface area (Å²) < 4.78 is 6.03. The van der Waals surface area contributed by atoms with Gasteiger partial charge in [-0.05, 0) is 49.9 Å². The van der Waals surface area contributed by atoms with E-state index < -0.39 is 6.10 Å². The zero-order valence-corrected chi connectivity index (χ0v) is 18.8. The van der Waals surface area contributed by atoms with Crippen molar-refractivity contribution in [2.24, 2.45) is 0 Å². The molecule has 1 N–H and O–H groups in total. The molecule has 5 rings (SSSR count). The van der Waals surface area contributed by atoms with Crippen molar-refractivity contribution in [2.75, 3.05) is 41.3 Å². The van der Waals surface area contributed by atoms with E-state index in [0.29, 0.717) is 30.1 Å². The lowest BCUT2D eigenvalue weighted by Crippen LogP contribution is -2.53. The van der Waals surface area contributed by atoms with Gasteiger partial charge in [0.25, 0.3) is 5.91 Å². The van der Waals surface area contributed by atoms with Crippen LogP contribution in [-0.4, -0.2) is 55.0 Å². The molecule has 1 atom stereocenters. The van der Waals surface area contributed by atoms with E-state index in [-0.39, 0.29) is 24.4 Å². The van der Waals surface area contributed by atoms with E-state index in [1.807, 2.05) is 41.3 Å². The van der Waals surface area contributed by atoms with Gasteiger partial charge in [0.1, 0.15) is 5.75 Å². The van der Waals surface area contributed by atoms with Crippen LogP contribution in [0.4, 0.5) is 21.9 Å². The zero-order valence-electron chi connectivity index (χ0n) is 18.8. The summed E-state index contributed by atoms with van der Waals surface area (Å²) in [5.74, 6) is 0.438. The van der Waals surface area contributed by atoms with Gasteiger partial charge in [-0.1, -0.05) is 18.2 Å². The number of ether oxygens (including phenoxy) is 1. The van der Waals surface area contributed by atoms with Gasteiger partial charge in [0.05, 0.1) is 12.2 Å². The van der Waals surface area contributed by atoms with Crippen molar-refractivity contribution in [1.29, 1.82) is 0 Å². The predicted octanol–water partition coefficient (Wildman–Crippen LogP) is 3.41. The molecule has 2 aromatic rings. The summed E-state index contributed by atoms with van der Waals surface area (Å²) in [4.78, 5) is 43.7. The summed E-state index contributed by atoms with van der Waals surface area (Å²) >= 11 is 0. The molecule has 3 aliphatic heterocycles. The largest absolute Gasteiger partial charge is 0.476 e. The Kier molecular flexibility index (Phi) is 5.66. The maximum absolute atomic E-state index is 13.4. The van der Waals surface area contributed by atoms with Crippen molar-refractivity contribution in [3.63, 3.8) is 0 Å². The fourth-order valence-corrected chi connectivity index (χ4v) is 4.93. The van der Waals surface area contributed by atoms with Gasteiger partial charge in [-0.3, -0.25) is 14.5 Å². The van der Waals surface area contributed by atoms with Gasteiger partial charge in [-0.2, -0.15) is 0 Å². The second-order valence-electron chi connectivity index (χ2n) is 8.72. The van der Waals surface area contributed by atoms with Crippen molar-refractivity contribution < 1.29 is 19.1 Å². The Hall–Kier alpha value is -3.55. The van der Waals surface area contributed by atoms with Gasteiger partial charge in [-0.15, -0.1) is 0 Å². The molecule has 0 radical (unpaired) electrons. The Morgan fingerprint density at radius 3 is 2.45 bits per heavy atom. The summed E-state index contributed by atoms with van der Waals surface area (Å²) in [7, 11) is 0. The van der Waals surface area contributed by atoms with Crippen LogP contribution in [0.15, 0.2) is 42.5 Å². The standard InChI is InChI=1S/C25H28N4O4/c1-17(30)28-15-12-18-19(8-7-10-20(18)28)26-25(32)29-16-23(24(31)27-13-5-2-6-14-27)33-22-11-4-3-9-21(22)29/h3-4,7-11,23H,2,5-6,12-16H2,1H3,(H,26,32). The minimum Gasteiger partial charge on any atom is -0.476 e. The number of para-hydroxylation sites is 2. The molecule has 1 unspecified atom stereocenters. The van der Waals surface area contributed by atoms with Crippen LogP contribution in [0.5, 0.6) is 5.75 Å². The number of urea groups is 1. The number of carbonyl (C=O) groups is 3. The number of hydrogen-bond acceptors (Lipinski definition) is 4. The van der Waals surface area contributed by atoms with E-state index in [1.165, 1.54) is 0 Å². The quantitative estimate of drug-likeness (QED) is 0.763. The van der Waals surface area contributed by atoms with Crippen LogP contribution in [0.25, 0.3) is 0 Å². The molecule has 172 valence electrons. The number of benzene rings is 2. The van der Waals surface area contributed by atoms with Crippen molar-refractivity contribution in [3.8, 4) is 5.75 Å². The monoisotopic (exact) mass is 448 g/mol. The Morgan fingerprint density at radius 2 is 1.67 bits per heavy atom. The van der Waals surface area contributed by atoms with Gasteiger partial charge in [0.2, 0.25) is 5.91 Å². The second kappa shape index (κ2) is 8.77. The van der Waals surface area contributed by atoms with Crippen LogP contribution in [-0.2, 0) is 16.0 Å². The minimum atomic E-state index is -0.738. The lowest BCUT2D eigenvalue weighted by atomic mass is 10.1. The van der Waals surface area contributed by atoms with E-state index in [9.17, 15) is 14.4 Å². The summed E-state index contributed by atoms with van der Waals surface area (Å²) in [6.45, 7) is 3.76. The van der Waals surface area contributed by atoms with E-state index in [4.69, 9.17) is 4.74 Å². The summed E-state index contributed by atoms with van der Waals surface area (Å²) in [6.07, 6.45) is 3.07. The molecule has 3 heterocycles. The first-order valence-electron chi connectivity index (χ1n) is 11.6. The number of hydrogen-bond donors (Lipinski definition) is 1. The van der Waals surface area contributed by atoms with Gasteiger partial charge < -0.3 is 19.9 Å². The molecule has 0 saturated carbocycles. The number of rotatable bonds is 2. The van der Waals surface area contributed by atoms with E-state index >= 15 is 0 Å². The third kappa shape index (κ3) is 4.01. The lowest BCUT2D eigenvalue weighted by Gasteiger charge is -2.37. The third-order valence-electron chi connectivity index (χ3n) is 6.61. The molecule has 0 bridgehead atoms. The molecule has 0 aromatic heterocycles. The molecule has 33 heavy (non-hydrogen) atoms. The molecule has 8 nitrogen and oxygen atoms in total. The second-order valence-corrected chi connectivity index (χ2v) is 8.72. The van der Waals surface area contributed by atoms with Gasteiger partial charge in [0, 0.05) is 43.5 Å². The van der Waals surface area contributed by atoms with E-state index in [2.05, 4.69) is 5.32 Å². The normalized spacial score (nSPS) is 19.4. The number of likely N-dealkylation sites (tertiary alicyclic amines) is 1. The molecule has 8 heteroatoms. The number of amides is 4. The summed E-state index contributed by atoms with van der Waals surface area (Å²) in [6, 6.07) is 12.6. The SMILES string of the molecule is CC(=O)N1CCc2c(NC(=O)N3CC(C(=O)N4CCCCC4)Oc4ccccc43)cccc21. The Morgan fingerprint density at radius 1 is 0.909 bits per heavy atom. The lowest BCUT2D eigenvalue weighted by molar-refractivity contribution is -0.139. The first kappa shape index (κ1) is 21.3. The number of nitrogens with zero attached hydrogens (tertiary/aromatic N) is 3. The Bertz CT molecular complexity index is 1100. The number of carbonyl (C=O) groups excluding carboxylic acids is 3. The summed E-state index contributed by atoms with van der Waals surface area (Å²) in [5, 5.41) is 3.02. The van der Waals surface area contributed by atoms with Crippen LogP contribution in [0.1, 0.15) is 31.7 Å². The fourth-order valence-electron chi connectivity index (χ4n) is 4.93. The highest BCUT2D eigenvalue weighted by molar-refractivity contribution is 6.05. The van der Waals surface area contributed by atoms with Crippen molar-refractivity contribution in [3.05, 3.63) is 48.0 Å². The van der Waals surface area contributed by atoms with Crippen molar-refractivity contribution in [2.45, 2.75) is 38.7 Å². The third-order valence-corrected chi connectivity index (χ3v) is 6.61. The van der Waals surface area contributed by atoms with Gasteiger partial charge in [0.15, 0.2) is 6.10 Å². The number of nitrogens with one attached hydrogen (secondary N) is 1. The van der Waals surface area contributed by atoms with Crippen molar-refractivity contribution in [1.82, 2.24) is 4.90 Å². The van der Waals surface area contributed by atoms with Gasteiger partial charge in [-0.25, -0.2) is 4.79 Å². The maximum Gasteiger partial charge on any atom is 0.326 e. The number of piperidine rings is 1. The highest BCUT2D eigenvalue weighted by Crippen LogP contribution is 2.36. The van der Waals surface area contributed by atoms with Crippen LogP contribution >= 0.6 is 0 Å². The first-order valence-corrected chi connectivity index (χ1v) is 11.6. The smallest absolute Gasteiger partial charge is 0.326 e.